The van der Waals surface area contributed by atoms with Gasteiger partial charge < -0.3 is 10.1 Å². The van der Waals surface area contributed by atoms with Crippen molar-refractivity contribution in [2.75, 3.05) is 19.0 Å². The van der Waals surface area contributed by atoms with Crippen molar-refractivity contribution in [2.45, 2.75) is 30.1 Å². The molecule has 1 atom stereocenters. The summed E-state index contributed by atoms with van der Waals surface area (Å²) in [6, 6.07) is 14.9. The molecule has 0 radical (unpaired) electrons. The number of ether oxygens (including phenoxy) is 1. The third-order valence-electron chi connectivity index (χ3n) is 4.61. The number of carbonyl (C=O) groups is 1. The highest BCUT2D eigenvalue weighted by molar-refractivity contribution is 14.1. The van der Waals surface area contributed by atoms with E-state index < -0.39 is 10.0 Å². The predicted octanol–water partition coefficient (Wildman–Crippen LogP) is 3.97. The fraction of sp³-hybridized carbons (Fsp3) is 0.300. The van der Waals surface area contributed by atoms with E-state index in [0.29, 0.717) is 18.7 Å². The zero-order valence-electron chi connectivity index (χ0n) is 15.4. The Morgan fingerprint density at radius 3 is 2.64 bits per heavy atom. The number of methoxy groups -OCH3 is 1. The van der Waals surface area contributed by atoms with E-state index >= 15 is 0 Å². The smallest absolute Gasteiger partial charge is 0.286 e. The molecule has 1 unspecified atom stereocenters. The Bertz CT molecular complexity index is 991. The predicted molar refractivity (Wildman–Crippen MR) is 117 cm³/mol. The number of amidine groups is 1. The molecule has 1 aliphatic rings. The number of hydrogen-bond donors (Lipinski definition) is 1. The van der Waals surface area contributed by atoms with E-state index in [-0.39, 0.29) is 28.9 Å². The zero-order chi connectivity index (χ0) is 20.1. The van der Waals surface area contributed by atoms with Crippen LogP contribution in [0.5, 0.6) is 0 Å². The first kappa shape index (κ1) is 20.9. The number of carbonyl (C=O) groups excluding carboxylic acids is 1. The molecule has 0 spiro atoms. The number of fused-ring (bicyclic) bond motifs is 1. The second-order valence-corrected chi connectivity index (χ2v) is 9.35. The molecule has 6 nitrogen and oxygen atoms in total. The van der Waals surface area contributed by atoms with E-state index in [0.717, 1.165) is 15.6 Å². The first-order valence-corrected chi connectivity index (χ1v) is 11.4. The van der Waals surface area contributed by atoms with E-state index in [1.54, 1.807) is 25.3 Å². The fourth-order valence-electron chi connectivity index (χ4n) is 3.14. The van der Waals surface area contributed by atoms with E-state index in [1.807, 2.05) is 52.9 Å². The Kier molecular flexibility index (Phi) is 6.84. The van der Waals surface area contributed by atoms with Crippen molar-refractivity contribution in [3.05, 3.63) is 57.7 Å². The van der Waals surface area contributed by atoms with E-state index in [1.165, 1.54) is 0 Å². The first-order valence-electron chi connectivity index (χ1n) is 8.89. The van der Waals surface area contributed by atoms with Crippen LogP contribution < -0.4 is 5.32 Å². The Hall–Kier alpha value is -1.78. The minimum atomic E-state index is -3.88. The fourth-order valence-corrected chi connectivity index (χ4v) is 5.00. The number of anilines is 1. The number of halogens is 1. The molecule has 0 fully saturated rings. The van der Waals surface area contributed by atoms with Gasteiger partial charge in [0.1, 0.15) is 4.90 Å². The van der Waals surface area contributed by atoms with Crippen LogP contribution in [0.25, 0.3) is 0 Å². The van der Waals surface area contributed by atoms with Crippen LogP contribution in [0.1, 0.15) is 30.7 Å². The standard InChI is InChI=1S/C20H21IN2O4S/c1-27-12-11-15(14-5-3-2-4-6-14)7-10-18(24)20-22-17-9-8-16(21)13-19(17)28(25,26)23-20/h2-6,8-9,13,15H,7,10-12H2,1H3,(H,22,23). The van der Waals surface area contributed by atoms with Crippen LogP contribution in [0.4, 0.5) is 5.69 Å². The molecular formula is C20H21IN2O4S. The summed E-state index contributed by atoms with van der Waals surface area (Å²) in [4.78, 5) is 12.8. The molecule has 0 amide bonds. The topological polar surface area (TPSA) is 84.8 Å². The third-order valence-corrected chi connectivity index (χ3v) is 6.60. The van der Waals surface area contributed by atoms with Crippen molar-refractivity contribution in [1.82, 2.24) is 0 Å². The van der Waals surface area contributed by atoms with Crippen LogP contribution in [0, 0.1) is 3.57 Å². The molecule has 2 aromatic rings. The number of sulfonamides is 1. The summed E-state index contributed by atoms with van der Waals surface area (Å²) in [5.74, 6) is -0.279. The maximum absolute atomic E-state index is 12.7. The minimum absolute atomic E-state index is 0.0956. The minimum Gasteiger partial charge on any atom is -0.385 e. The van der Waals surface area contributed by atoms with Crippen molar-refractivity contribution < 1.29 is 17.9 Å². The largest absolute Gasteiger partial charge is 0.385 e. The number of benzene rings is 2. The molecule has 2 aromatic carbocycles. The summed E-state index contributed by atoms with van der Waals surface area (Å²) in [5.41, 5.74) is 1.52. The van der Waals surface area contributed by atoms with Gasteiger partial charge in [-0.3, -0.25) is 4.79 Å². The van der Waals surface area contributed by atoms with Crippen LogP contribution >= 0.6 is 22.6 Å². The Balaban J connectivity index is 1.74. The lowest BCUT2D eigenvalue weighted by Gasteiger charge is -2.19. The SMILES string of the molecule is COCCC(CCC(=O)C1=NS(=O)(=O)c2cc(I)ccc2N1)c1ccccc1. The highest BCUT2D eigenvalue weighted by Crippen LogP contribution is 2.30. The summed E-state index contributed by atoms with van der Waals surface area (Å²) < 4.78 is 34.6. The van der Waals surface area contributed by atoms with Crippen molar-refractivity contribution in [2.24, 2.45) is 4.40 Å². The summed E-state index contributed by atoms with van der Waals surface area (Å²) in [5, 5.41) is 2.88. The monoisotopic (exact) mass is 512 g/mol. The summed E-state index contributed by atoms with van der Waals surface area (Å²) in [6.07, 6.45) is 1.57. The lowest BCUT2D eigenvalue weighted by Crippen LogP contribution is -2.29. The summed E-state index contributed by atoms with van der Waals surface area (Å²) in [7, 11) is -2.23. The molecule has 148 valence electrons. The molecule has 0 saturated carbocycles. The number of nitrogens with one attached hydrogen (secondary N) is 1. The second kappa shape index (κ2) is 9.15. The molecular weight excluding hydrogens is 491 g/mol. The van der Waals surface area contributed by atoms with Gasteiger partial charge in [0.2, 0.25) is 0 Å². The highest BCUT2D eigenvalue weighted by Gasteiger charge is 2.28. The van der Waals surface area contributed by atoms with Gasteiger partial charge in [-0.25, -0.2) is 0 Å². The molecule has 1 heterocycles. The molecule has 1 N–H and O–H groups in total. The first-order chi connectivity index (χ1) is 13.4. The molecule has 0 aromatic heterocycles. The van der Waals surface area contributed by atoms with Gasteiger partial charge in [0.25, 0.3) is 10.0 Å². The van der Waals surface area contributed by atoms with E-state index in [2.05, 4.69) is 9.71 Å². The van der Waals surface area contributed by atoms with Crippen LogP contribution in [-0.2, 0) is 19.6 Å². The highest BCUT2D eigenvalue weighted by atomic mass is 127. The lowest BCUT2D eigenvalue weighted by molar-refractivity contribution is -0.113. The Morgan fingerprint density at radius 2 is 1.93 bits per heavy atom. The van der Waals surface area contributed by atoms with Crippen LogP contribution in [0.2, 0.25) is 0 Å². The Labute approximate surface area is 178 Å². The van der Waals surface area contributed by atoms with Crippen molar-refractivity contribution in [1.29, 1.82) is 0 Å². The zero-order valence-corrected chi connectivity index (χ0v) is 18.4. The molecule has 0 aliphatic carbocycles. The van der Waals surface area contributed by atoms with Gasteiger partial charge in [0, 0.05) is 23.7 Å². The van der Waals surface area contributed by atoms with Gasteiger partial charge >= 0.3 is 0 Å². The molecule has 28 heavy (non-hydrogen) atoms. The van der Waals surface area contributed by atoms with Crippen molar-refractivity contribution in [3.8, 4) is 0 Å². The molecule has 0 saturated heterocycles. The number of hydrogen-bond acceptors (Lipinski definition) is 5. The molecule has 8 heteroatoms. The van der Waals surface area contributed by atoms with Gasteiger partial charge in [-0.2, -0.15) is 8.42 Å². The quantitative estimate of drug-likeness (QED) is 0.542. The maximum atomic E-state index is 12.7. The van der Waals surface area contributed by atoms with Crippen LogP contribution in [-0.4, -0.2) is 33.8 Å². The normalized spacial score (nSPS) is 15.9. The summed E-state index contributed by atoms with van der Waals surface area (Å²) in [6.45, 7) is 0.591. The van der Waals surface area contributed by atoms with Gasteiger partial charge in [0.15, 0.2) is 11.6 Å². The van der Waals surface area contributed by atoms with Gasteiger partial charge in [-0.05, 0) is 65.1 Å². The van der Waals surface area contributed by atoms with Crippen molar-refractivity contribution >= 4 is 49.9 Å². The van der Waals surface area contributed by atoms with Gasteiger partial charge in [0.05, 0.1) is 5.69 Å². The summed E-state index contributed by atoms with van der Waals surface area (Å²) >= 11 is 2.04. The van der Waals surface area contributed by atoms with Crippen LogP contribution in [0.15, 0.2) is 57.8 Å². The van der Waals surface area contributed by atoms with E-state index in [9.17, 15) is 13.2 Å². The third kappa shape index (κ3) is 4.98. The Morgan fingerprint density at radius 1 is 1.18 bits per heavy atom. The number of ketones is 1. The van der Waals surface area contributed by atoms with Gasteiger partial charge in [-0.15, -0.1) is 4.40 Å². The number of Topliss-reactive ketones (excluding diaryl/α,β-unsaturated/α-hetero) is 1. The average molecular weight is 512 g/mol. The molecule has 1 aliphatic heterocycles. The second-order valence-electron chi connectivity index (χ2n) is 6.53. The van der Waals surface area contributed by atoms with Crippen molar-refractivity contribution in [3.63, 3.8) is 0 Å². The lowest BCUT2D eigenvalue weighted by atomic mass is 9.90. The molecule has 3 rings (SSSR count). The van der Waals surface area contributed by atoms with E-state index in [4.69, 9.17) is 4.74 Å². The average Bonchev–Trinajstić information content (AvgIpc) is 2.68. The number of rotatable bonds is 8. The molecule has 0 bridgehead atoms. The van der Waals surface area contributed by atoms with Crippen LogP contribution in [0.3, 0.4) is 0 Å². The maximum Gasteiger partial charge on any atom is 0.286 e. The number of nitrogens with zero attached hydrogens (tertiary/aromatic N) is 1. The van der Waals surface area contributed by atoms with Gasteiger partial charge in [-0.1, -0.05) is 30.3 Å².